The van der Waals surface area contributed by atoms with Crippen LogP contribution in [-0.4, -0.2) is 15.6 Å². The van der Waals surface area contributed by atoms with E-state index in [-0.39, 0.29) is 5.78 Å². The highest BCUT2D eigenvalue weighted by Gasteiger charge is 2.15. The Labute approximate surface area is 58.7 Å². The van der Waals surface area contributed by atoms with Gasteiger partial charge in [0, 0.05) is 19.2 Å². The van der Waals surface area contributed by atoms with Crippen molar-refractivity contribution in [1.82, 2.24) is 9.78 Å². The number of hydrogen-bond acceptors (Lipinski definition) is 2. The topological polar surface area (TPSA) is 34.9 Å². The van der Waals surface area contributed by atoms with Crippen LogP contribution in [0.1, 0.15) is 23.3 Å². The Balaban J connectivity index is 2.50. The van der Waals surface area contributed by atoms with Crippen molar-refractivity contribution in [2.45, 2.75) is 19.4 Å². The van der Waals surface area contributed by atoms with Gasteiger partial charge in [-0.15, -0.1) is 0 Å². The van der Waals surface area contributed by atoms with Gasteiger partial charge in [0.15, 0.2) is 5.78 Å². The first kappa shape index (κ1) is 5.65. The third kappa shape index (κ3) is 0.667. The number of rotatable bonds is 0. The molecule has 10 heavy (non-hydrogen) atoms. The van der Waals surface area contributed by atoms with Gasteiger partial charge in [-0.1, -0.05) is 0 Å². The number of aromatic nitrogens is 2. The van der Waals surface area contributed by atoms with E-state index in [0.717, 1.165) is 18.7 Å². The minimum absolute atomic E-state index is 0.226. The van der Waals surface area contributed by atoms with Crippen LogP contribution in [0, 0.1) is 0 Å². The molecule has 0 fully saturated rings. The predicted octanol–water partition coefficient (Wildman–Crippen LogP) is 0.860. The summed E-state index contributed by atoms with van der Waals surface area (Å²) in [6, 6.07) is 1.78. The Hall–Kier alpha value is -1.12. The van der Waals surface area contributed by atoms with Crippen LogP contribution >= 0.6 is 0 Å². The molecular formula is C7H8N2O. The third-order valence-corrected chi connectivity index (χ3v) is 1.78. The molecule has 0 amide bonds. The molecule has 3 heteroatoms. The van der Waals surface area contributed by atoms with Gasteiger partial charge < -0.3 is 0 Å². The lowest BCUT2D eigenvalue weighted by atomic mass is 10.1. The standard InChI is InChI=1S/C7H8N2O/c10-7-2-1-5-9-6(7)3-4-8-9/h3-4H,1-2,5H2. The molecule has 0 atom stereocenters. The molecule has 0 N–H and O–H groups in total. The average molecular weight is 136 g/mol. The molecule has 0 saturated carbocycles. The maximum Gasteiger partial charge on any atom is 0.180 e. The van der Waals surface area contributed by atoms with E-state index in [1.165, 1.54) is 0 Å². The van der Waals surface area contributed by atoms with Crippen LogP contribution in [0.3, 0.4) is 0 Å². The van der Waals surface area contributed by atoms with Crippen molar-refractivity contribution in [1.29, 1.82) is 0 Å². The minimum Gasteiger partial charge on any atom is -0.292 e. The highest BCUT2D eigenvalue weighted by atomic mass is 16.1. The van der Waals surface area contributed by atoms with Gasteiger partial charge in [-0.3, -0.25) is 9.48 Å². The number of hydrogen-bond donors (Lipinski definition) is 0. The molecular weight excluding hydrogens is 128 g/mol. The lowest BCUT2D eigenvalue weighted by molar-refractivity contribution is 0.0951. The lowest BCUT2D eigenvalue weighted by Gasteiger charge is -2.10. The van der Waals surface area contributed by atoms with E-state index >= 15 is 0 Å². The van der Waals surface area contributed by atoms with Gasteiger partial charge >= 0.3 is 0 Å². The van der Waals surface area contributed by atoms with Gasteiger partial charge in [-0.05, 0) is 12.5 Å². The molecule has 0 radical (unpaired) electrons. The van der Waals surface area contributed by atoms with E-state index in [2.05, 4.69) is 5.10 Å². The van der Waals surface area contributed by atoms with Crippen molar-refractivity contribution in [3.8, 4) is 0 Å². The molecule has 0 spiro atoms. The minimum atomic E-state index is 0.226. The van der Waals surface area contributed by atoms with E-state index in [1.807, 2.05) is 0 Å². The summed E-state index contributed by atoms with van der Waals surface area (Å²) in [5.41, 5.74) is 0.770. The molecule has 2 rings (SSSR count). The first-order chi connectivity index (χ1) is 4.88. The van der Waals surface area contributed by atoms with E-state index in [0.29, 0.717) is 6.42 Å². The van der Waals surface area contributed by atoms with Crippen molar-refractivity contribution in [2.75, 3.05) is 0 Å². The Bertz CT molecular complexity index is 264. The zero-order chi connectivity index (χ0) is 6.97. The van der Waals surface area contributed by atoms with Crippen molar-refractivity contribution < 1.29 is 4.79 Å². The number of carbonyl (C=O) groups excluding carboxylic acids is 1. The van der Waals surface area contributed by atoms with E-state index < -0.39 is 0 Å². The van der Waals surface area contributed by atoms with Gasteiger partial charge in [0.05, 0.1) is 0 Å². The highest BCUT2D eigenvalue weighted by molar-refractivity contribution is 5.94. The molecule has 0 aliphatic carbocycles. The molecule has 1 aromatic rings. The molecule has 0 saturated heterocycles. The predicted molar refractivity (Wildman–Crippen MR) is 35.8 cm³/mol. The SMILES string of the molecule is O=C1CCCn2nccc21. The van der Waals surface area contributed by atoms with Crippen LogP contribution in [0.5, 0.6) is 0 Å². The first-order valence-corrected chi connectivity index (χ1v) is 3.43. The molecule has 52 valence electrons. The second kappa shape index (κ2) is 1.94. The normalized spacial score (nSPS) is 17.0. The number of Topliss-reactive ketones (excluding diaryl/α,β-unsaturated/α-hetero) is 1. The summed E-state index contributed by atoms with van der Waals surface area (Å²) in [5.74, 6) is 0.226. The maximum absolute atomic E-state index is 11.1. The molecule has 1 aliphatic rings. The Kier molecular flexibility index (Phi) is 1.09. The quantitative estimate of drug-likeness (QED) is 0.530. The highest BCUT2D eigenvalue weighted by Crippen LogP contribution is 2.11. The smallest absolute Gasteiger partial charge is 0.180 e. The summed E-state index contributed by atoms with van der Waals surface area (Å²) < 4.78 is 1.77. The monoisotopic (exact) mass is 136 g/mol. The van der Waals surface area contributed by atoms with Gasteiger partial charge in [-0.2, -0.15) is 5.10 Å². The molecule has 2 heterocycles. The maximum atomic E-state index is 11.1. The van der Waals surface area contributed by atoms with Gasteiger partial charge in [-0.25, -0.2) is 0 Å². The lowest BCUT2D eigenvalue weighted by Crippen LogP contribution is -2.16. The molecule has 3 nitrogen and oxygen atoms in total. The Morgan fingerprint density at radius 1 is 1.60 bits per heavy atom. The van der Waals surface area contributed by atoms with Crippen LogP contribution in [-0.2, 0) is 6.54 Å². The largest absolute Gasteiger partial charge is 0.292 e. The first-order valence-electron chi connectivity index (χ1n) is 3.43. The Morgan fingerprint density at radius 2 is 2.50 bits per heavy atom. The fraction of sp³-hybridized carbons (Fsp3) is 0.429. The summed E-state index contributed by atoms with van der Waals surface area (Å²) in [4.78, 5) is 11.1. The zero-order valence-electron chi connectivity index (χ0n) is 5.58. The molecule has 0 bridgehead atoms. The van der Waals surface area contributed by atoms with E-state index in [4.69, 9.17) is 0 Å². The Morgan fingerprint density at radius 3 is 3.30 bits per heavy atom. The summed E-state index contributed by atoms with van der Waals surface area (Å²) in [7, 11) is 0. The van der Waals surface area contributed by atoms with E-state index in [9.17, 15) is 4.79 Å². The molecule has 0 unspecified atom stereocenters. The van der Waals surface area contributed by atoms with Crippen molar-refractivity contribution in [3.63, 3.8) is 0 Å². The van der Waals surface area contributed by atoms with Gasteiger partial charge in [0.1, 0.15) is 5.69 Å². The van der Waals surface area contributed by atoms with Crippen LogP contribution in [0.4, 0.5) is 0 Å². The molecule has 0 aromatic carbocycles. The molecule has 1 aromatic heterocycles. The second-order valence-corrected chi connectivity index (χ2v) is 2.47. The number of carbonyl (C=O) groups is 1. The van der Waals surface area contributed by atoms with Crippen LogP contribution in [0.25, 0.3) is 0 Å². The third-order valence-electron chi connectivity index (χ3n) is 1.78. The van der Waals surface area contributed by atoms with Crippen LogP contribution in [0.15, 0.2) is 12.3 Å². The van der Waals surface area contributed by atoms with Crippen LogP contribution < -0.4 is 0 Å². The van der Waals surface area contributed by atoms with E-state index in [1.54, 1.807) is 16.9 Å². The van der Waals surface area contributed by atoms with Gasteiger partial charge in [0.25, 0.3) is 0 Å². The molecule has 1 aliphatic heterocycles. The number of ketones is 1. The summed E-state index contributed by atoms with van der Waals surface area (Å²) in [6.45, 7) is 0.897. The van der Waals surface area contributed by atoms with Gasteiger partial charge in [0.2, 0.25) is 0 Å². The fourth-order valence-electron chi connectivity index (χ4n) is 1.27. The van der Waals surface area contributed by atoms with Crippen molar-refractivity contribution >= 4 is 5.78 Å². The fourth-order valence-corrected chi connectivity index (χ4v) is 1.27. The zero-order valence-corrected chi connectivity index (χ0v) is 5.58. The van der Waals surface area contributed by atoms with Crippen molar-refractivity contribution in [3.05, 3.63) is 18.0 Å². The second-order valence-electron chi connectivity index (χ2n) is 2.47. The summed E-state index contributed by atoms with van der Waals surface area (Å²) in [5, 5.41) is 4.00. The average Bonchev–Trinajstić information content (AvgIpc) is 2.36. The number of nitrogens with zero attached hydrogens (tertiary/aromatic N) is 2. The number of fused-ring (bicyclic) bond motifs is 1. The summed E-state index contributed by atoms with van der Waals surface area (Å²) in [6.07, 6.45) is 3.30. The van der Waals surface area contributed by atoms with Crippen molar-refractivity contribution in [2.24, 2.45) is 0 Å². The van der Waals surface area contributed by atoms with Crippen LogP contribution in [0.2, 0.25) is 0 Å². The number of aryl methyl sites for hydroxylation is 1. The summed E-state index contributed by atoms with van der Waals surface area (Å²) >= 11 is 0.